The van der Waals surface area contributed by atoms with Crippen molar-refractivity contribution in [2.45, 2.75) is 45.7 Å². The third-order valence-corrected chi connectivity index (χ3v) is 5.92. The molecule has 29 heavy (non-hydrogen) atoms. The first kappa shape index (κ1) is 21.2. The highest BCUT2D eigenvalue weighted by molar-refractivity contribution is 5.78. The number of methoxy groups -OCH3 is 2. The lowest BCUT2D eigenvalue weighted by atomic mass is 10.0. The first-order chi connectivity index (χ1) is 13.9. The van der Waals surface area contributed by atoms with Gasteiger partial charge in [-0.25, -0.2) is 0 Å². The van der Waals surface area contributed by atoms with Gasteiger partial charge in [-0.2, -0.15) is 0 Å². The molecule has 1 N–H and O–H groups in total. The molecule has 1 heterocycles. The second-order valence-corrected chi connectivity index (χ2v) is 7.87. The van der Waals surface area contributed by atoms with E-state index in [1.54, 1.807) is 14.2 Å². The van der Waals surface area contributed by atoms with E-state index >= 15 is 0 Å². The minimum absolute atomic E-state index is 0.0154. The summed E-state index contributed by atoms with van der Waals surface area (Å²) >= 11 is 0. The van der Waals surface area contributed by atoms with Crippen molar-refractivity contribution in [3.8, 4) is 11.5 Å². The molecule has 1 aliphatic rings. The van der Waals surface area contributed by atoms with Gasteiger partial charge in [-0.3, -0.25) is 9.69 Å². The van der Waals surface area contributed by atoms with Gasteiger partial charge in [0, 0.05) is 17.7 Å². The minimum Gasteiger partial charge on any atom is -0.497 e. The number of ether oxygens (including phenoxy) is 2. The van der Waals surface area contributed by atoms with Crippen LogP contribution in [0.1, 0.15) is 54.1 Å². The number of hydrogen-bond acceptors (Lipinski definition) is 4. The Morgan fingerprint density at radius 1 is 1.14 bits per heavy atom. The van der Waals surface area contributed by atoms with E-state index in [9.17, 15) is 4.79 Å². The smallest absolute Gasteiger partial charge is 0.234 e. The fourth-order valence-corrected chi connectivity index (χ4v) is 4.05. The zero-order chi connectivity index (χ0) is 21.0. The van der Waals surface area contributed by atoms with Crippen molar-refractivity contribution in [1.29, 1.82) is 0 Å². The normalized spacial score (nSPS) is 17.8. The van der Waals surface area contributed by atoms with Crippen molar-refractivity contribution in [3.05, 3.63) is 58.7 Å². The van der Waals surface area contributed by atoms with Gasteiger partial charge in [0.25, 0.3) is 0 Å². The fourth-order valence-electron chi connectivity index (χ4n) is 4.05. The monoisotopic (exact) mass is 396 g/mol. The van der Waals surface area contributed by atoms with Gasteiger partial charge in [-0.15, -0.1) is 0 Å². The lowest BCUT2D eigenvalue weighted by molar-refractivity contribution is -0.123. The van der Waals surface area contributed by atoms with E-state index < -0.39 is 0 Å². The van der Waals surface area contributed by atoms with Gasteiger partial charge in [0.15, 0.2) is 0 Å². The van der Waals surface area contributed by atoms with E-state index in [4.69, 9.17) is 9.47 Å². The molecule has 2 aromatic rings. The molecule has 0 aromatic heterocycles. The Morgan fingerprint density at radius 3 is 2.62 bits per heavy atom. The molecule has 5 nitrogen and oxygen atoms in total. The van der Waals surface area contributed by atoms with Gasteiger partial charge < -0.3 is 14.8 Å². The van der Waals surface area contributed by atoms with Crippen molar-refractivity contribution >= 4 is 5.91 Å². The summed E-state index contributed by atoms with van der Waals surface area (Å²) in [5.41, 5.74) is 4.76. The summed E-state index contributed by atoms with van der Waals surface area (Å²) in [5, 5.41) is 3.16. The number of benzene rings is 2. The number of nitrogens with one attached hydrogen (secondary N) is 1. The standard InChI is InChI=1S/C24H32N2O3/c1-16-8-9-19(13-17(16)2)18(3)25-24(27)15-26-12-6-7-22(26)21-11-10-20(28-4)14-23(21)29-5/h8-11,13-14,18,22H,6-7,12,15H2,1-5H3,(H,25,27)/t18-,22-/m1/s1. The molecular formula is C24H32N2O3. The van der Waals surface area contributed by atoms with Gasteiger partial charge in [0.1, 0.15) is 11.5 Å². The Bertz CT molecular complexity index is 865. The largest absolute Gasteiger partial charge is 0.497 e. The lowest BCUT2D eigenvalue weighted by Gasteiger charge is -2.26. The molecule has 2 aromatic carbocycles. The topological polar surface area (TPSA) is 50.8 Å². The SMILES string of the molecule is COc1ccc([C@H]2CCCN2CC(=O)N[C@H](C)c2ccc(C)c(C)c2)c(OC)c1. The number of likely N-dealkylation sites (tertiary alicyclic amines) is 1. The maximum Gasteiger partial charge on any atom is 0.234 e. The number of amides is 1. The number of hydrogen-bond donors (Lipinski definition) is 1. The predicted octanol–water partition coefficient (Wildman–Crippen LogP) is 4.33. The maximum absolute atomic E-state index is 12.8. The van der Waals surface area contributed by atoms with E-state index in [2.05, 4.69) is 48.3 Å². The molecule has 3 rings (SSSR count). The summed E-state index contributed by atoms with van der Waals surface area (Å²) in [5.74, 6) is 1.63. The molecule has 156 valence electrons. The van der Waals surface area contributed by atoms with E-state index in [1.807, 2.05) is 19.1 Å². The molecule has 0 unspecified atom stereocenters. The van der Waals surface area contributed by atoms with Crippen LogP contribution in [-0.4, -0.2) is 38.1 Å². The zero-order valence-electron chi connectivity index (χ0n) is 18.1. The third-order valence-electron chi connectivity index (χ3n) is 5.92. The first-order valence-corrected chi connectivity index (χ1v) is 10.3. The van der Waals surface area contributed by atoms with Gasteiger partial charge in [0.2, 0.25) is 5.91 Å². The predicted molar refractivity (Wildman–Crippen MR) is 116 cm³/mol. The maximum atomic E-state index is 12.8. The Hall–Kier alpha value is -2.53. The second kappa shape index (κ2) is 9.31. The van der Waals surface area contributed by atoms with Crippen LogP contribution in [0.4, 0.5) is 0 Å². The minimum atomic E-state index is -0.0154. The summed E-state index contributed by atoms with van der Waals surface area (Å²) in [6.07, 6.45) is 2.09. The van der Waals surface area contributed by atoms with E-state index in [1.165, 1.54) is 11.1 Å². The summed E-state index contributed by atoms with van der Waals surface area (Å²) in [7, 11) is 3.33. The molecule has 1 fully saturated rings. The Balaban J connectivity index is 1.67. The summed E-state index contributed by atoms with van der Waals surface area (Å²) in [6, 6.07) is 12.4. The van der Waals surface area contributed by atoms with Crippen LogP contribution in [0.5, 0.6) is 11.5 Å². The van der Waals surface area contributed by atoms with Gasteiger partial charge in [-0.1, -0.05) is 24.3 Å². The number of rotatable bonds is 7. The molecule has 2 atom stereocenters. The molecule has 1 aliphatic heterocycles. The van der Waals surface area contributed by atoms with Crippen LogP contribution in [0.25, 0.3) is 0 Å². The number of carbonyl (C=O) groups excluding carboxylic acids is 1. The summed E-state index contributed by atoms with van der Waals surface area (Å²) in [4.78, 5) is 15.0. The van der Waals surface area contributed by atoms with Crippen LogP contribution in [0.2, 0.25) is 0 Å². The molecule has 0 bridgehead atoms. The van der Waals surface area contributed by atoms with Gasteiger partial charge >= 0.3 is 0 Å². The van der Waals surface area contributed by atoms with Crippen molar-refractivity contribution in [2.75, 3.05) is 27.3 Å². The first-order valence-electron chi connectivity index (χ1n) is 10.3. The highest BCUT2D eigenvalue weighted by Gasteiger charge is 2.30. The van der Waals surface area contributed by atoms with Crippen LogP contribution in [0, 0.1) is 13.8 Å². The quantitative estimate of drug-likeness (QED) is 0.757. The van der Waals surface area contributed by atoms with E-state index in [-0.39, 0.29) is 18.0 Å². The average Bonchev–Trinajstić information content (AvgIpc) is 3.16. The average molecular weight is 397 g/mol. The molecule has 0 spiro atoms. The molecule has 1 saturated heterocycles. The number of carbonyl (C=O) groups is 1. The Labute approximate surface area is 174 Å². The van der Waals surface area contributed by atoms with Crippen LogP contribution >= 0.6 is 0 Å². The highest BCUT2D eigenvalue weighted by Crippen LogP contribution is 2.38. The van der Waals surface area contributed by atoms with Gasteiger partial charge in [0.05, 0.1) is 26.8 Å². The highest BCUT2D eigenvalue weighted by atomic mass is 16.5. The fraction of sp³-hybridized carbons (Fsp3) is 0.458. The molecule has 5 heteroatoms. The molecule has 0 saturated carbocycles. The van der Waals surface area contributed by atoms with E-state index in [0.717, 1.165) is 42.0 Å². The third kappa shape index (κ3) is 4.91. The van der Waals surface area contributed by atoms with Crippen molar-refractivity contribution in [2.24, 2.45) is 0 Å². The lowest BCUT2D eigenvalue weighted by Crippen LogP contribution is -2.38. The van der Waals surface area contributed by atoms with Crippen LogP contribution in [-0.2, 0) is 4.79 Å². The summed E-state index contributed by atoms with van der Waals surface area (Å²) in [6.45, 7) is 7.53. The van der Waals surface area contributed by atoms with Crippen LogP contribution in [0.15, 0.2) is 36.4 Å². The molecule has 1 amide bonds. The van der Waals surface area contributed by atoms with Crippen molar-refractivity contribution in [3.63, 3.8) is 0 Å². The van der Waals surface area contributed by atoms with Crippen molar-refractivity contribution in [1.82, 2.24) is 10.2 Å². The van der Waals surface area contributed by atoms with Crippen LogP contribution in [0.3, 0.4) is 0 Å². The molecule has 0 radical (unpaired) electrons. The second-order valence-electron chi connectivity index (χ2n) is 7.87. The Morgan fingerprint density at radius 2 is 1.93 bits per heavy atom. The van der Waals surface area contributed by atoms with Crippen molar-refractivity contribution < 1.29 is 14.3 Å². The zero-order valence-corrected chi connectivity index (χ0v) is 18.1. The van der Waals surface area contributed by atoms with E-state index in [0.29, 0.717) is 6.54 Å². The number of nitrogens with zero attached hydrogens (tertiary/aromatic N) is 1. The summed E-state index contributed by atoms with van der Waals surface area (Å²) < 4.78 is 10.9. The van der Waals surface area contributed by atoms with Crippen LogP contribution < -0.4 is 14.8 Å². The van der Waals surface area contributed by atoms with Gasteiger partial charge in [-0.05, 0) is 62.9 Å². The molecule has 0 aliphatic carbocycles. The Kier molecular flexibility index (Phi) is 6.80. The number of aryl methyl sites for hydroxylation is 2. The molecular weight excluding hydrogens is 364 g/mol.